The largest absolute Gasteiger partial charge is 0.535 e. The summed E-state index contributed by atoms with van der Waals surface area (Å²) < 4.78 is 0. The Morgan fingerprint density at radius 2 is 1.60 bits per heavy atom. The molecule has 0 rings (SSSR count). The number of hydrogen-bond acceptors (Lipinski definition) is 1. The molecular formula is C2H4O3. The lowest BCUT2D eigenvalue weighted by Crippen LogP contribution is -2.03. The highest BCUT2D eigenvalue weighted by molar-refractivity contribution is 3.24. The molecule has 0 aliphatic carbocycles. The average Bonchev–Trinajstić information content (AvgIpc) is 0.918. The van der Waals surface area contributed by atoms with Gasteiger partial charge in [0.25, 0.3) is 0 Å². The van der Waals surface area contributed by atoms with Crippen LogP contribution in [0.4, 0.5) is 0 Å². The molecule has 0 aliphatic heterocycles. The second kappa shape index (κ2) is 41.6. The molecule has 1 N–H and O–H groups in total. The summed E-state index contributed by atoms with van der Waals surface area (Å²) in [5.41, 5.74) is 0. The molecule has 0 aromatic heterocycles. The Morgan fingerprint density at radius 3 is 1.60 bits per heavy atom. The highest BCUT2D eigenvalue weighted by Gasteiger charge is 1.15. The summed E-state index contributed by atoms with van der Waals surface area (Å²) in [4.78, 5) is 2.25. The quantitative estimate of drug-likeness (QED) is 0.194. The van der Waals surface area contributed by atoms with Crippen molar-refractivity contribution in [1.82, 2.24) is 0 Å². The van der Waals surface area contributed by atoms with E-state index in [-0.39, 0.29) is 12.9 Å². The van der Waals surface area contributed by atoms with Crippen molar-refractivity contribution < 1.29 is 15.6 Å². The van der Waals surface area contributed by atoms with Crippen LogP contribution in [0.25, 0.3) is 0 Å². The topological polar surface area (TPSA) is 64.4 Å². The Bertz CT molecular complexity index is 4.85. The van der Waals surface area contributed by atoms with Gasteiger partial charge in [-0.1, -0.05) is 0 Å². The summed E-state index contributed by atoms with van der Waals surface area (Å²) >= 11 is 0. The third-order valence-electron chi connectivity index (χ3n) is 0. The molecule has 5 heavy (non-hydrogen) atoms. The van der Waals surface area contributed by atoms with Crippen LogP contribution in [-0.2, 0) is 5.48 Å². The Hall–Kier alpha value is -0.120. The standard InChI is InChI=1S/CH4O2.C.O/c1-3-2;;/h3H,1H3;;. The van der Waals surface area contributed by atoms with E-state index in [1.807, 2.05) is 0 Å². The van der Waals surface area contributed by atoms with Crippen LogP contribution in [0.3, 0.4) is 0 Å². The van der Waals surface area contributed by atoms with Crippen LogP contribution in [0.5, 0.6) is 0 Å². The third-order valence-corrected chi connectivity index (χ3v) is 0. The van der Waals surface area contributed by atoms with Crippen molar-refractivity contribution >= 4 is 0 Å². The molecule has 30 valence electrons. The zero-order chi connectivity index (χ0) is 2.71. The summed E-state index contributed by atoms with van der Waals surface area (Å²) in [6.07, 6.45) is 0. The van der Waals surface area contributed by atoms with Gasteiger partial charge in [-0.3, -0.25) is 0 Å². The van der Waals surface area contributed by atoms with Gasteiger partial charge in [-0.15, -0.1) is 0 Å². The van der Waals surface area contributed by atoms with E-state index >= 15 is 0 Å². The molecular weight excluding hydrogens is 72.0 g/mol. The van der Waals surface area contributed by atoms with E-state index in [0.29, 0.717) is 0 Å². The predicted octanol–water partition coefficient (Wildman–Crippen LogP) is -1.62. The molecule has 3 nitrogen and oxygen atoms in total. The van der Waals surface area contributed by atoms with Gasteiger partial charge in [-0.25, -0.2) is 0 Å². The van der Waals surface area contributed by atoms with Gasteiger partial charge < -0.3 is 10.1 Å². The van der Waals surface area contributed by atoms with Crippen LogP contribution in [0.2, 0.25) is 0 Å². The van der Waals surface area contributed by atoms with Crippen LogP contribution < -0.4 is 5.26 Å². The van der Waals surface area contributed by atoms with Gasteiger partial charge in [0.05, 0.1) is 0 Å². The van der Waals surface area contributed by atoms with E-state index < -0.39 is 0 Å². The number of aliphatic hydroxyl groups is 1. The summed E-state index contributed by atoms with van der Waals surface area (Å²) in [6.45, 7) is 0. The summed E-state index contributed by atoms with van der Waals surface area (Å²) in [5, 5.41) is 8.56. The fraction of sp³-hybridized carbons (Fsp3) is 0.500. The maximum absolute atomic E-state index is 8.56. The fourth-order valence-corrected chi connectivity index (χ4v) is 0. The van der Waals surface area contributed by atoms with Crippen LogP contribution in [0.1, 0.15) is 0 Å². The first kappa shape index (κ1) is 20.8. The third kappa shape index (κ3) is 952. The fourth-order valence-electron chi connectivity index (χ4n) is 0. The first-order valence-corrected chi connectivity index (χ1v) is 0.630. The molecule has 0 aliphatic rings. The van der Waals surface area contributed by atoms with Crippen LogP contribution in [-0.4, -0.2) is 12.0 Å². The highest BCUT2D eigenvalue weighted by atomic mass is 17.1. The van der Waals surface area contributed by atoms with E-state index in [9.17, 15) is 0 Å². The van der Waals surface area contributed by atoms with E-state index in [4.69, 9.17) is 5.26 Å². The first-order valence-electron chi connectivity index (χ1n) is 0.630. The molecule has 0 aromatic rings. The van der Waals surface area contributed by atoms with Crippen LogP contribution in [0, 0.1) is 7.43 Å². The predicted molar refractivity (Wildman–Crippen MR) is 12.1 cm³/mol. The Kier molecular flexibility index (Phi) is 173. The van der Waals surface area contributed by atoms with Crippen LogP contribution in [0.15, 0.2) is 0 Å². The SMILES string of the molecule is C[OH+][O-].[C].[O]. The Morgan fingerprint density at radius 1 is 1.60 bits per heavy atom. The summed E-state index contributed by atoms with van der Waals surface area (Å²) in [5.74, 6) is 0. The minimum atomic E-state index is 0. The molecule has 3 heteroatoms. The van der Waals surface area contributed by atoms with E-state index in [2.05, 4.69) is 4.89 Å². The molecule has 0 saturated heterocycles. The van der Waals surface area contributed by atoms with Crippen LogP contribution >= 0.6 is 0 Å². The molecule has 0 heterocycles. The minimum absolute atomic E-state index is 0. The lowest BCUT2D eigenvalue weighted by Gasteiger charge is -1.77. The molecule has 0 spiro atoms. The summed E-state index contributed by atoms with van der Waals surface area (Å²) in [7, 11) is 1.19. The minimum Gasteiger partial charge on any atom is -0.535 e. The number of hydrogen-bond donors (Lipinski definition) is 0. The van der Waals surface area contributed by atoms with Crippen molar-refractivity contribution in [2.45, 2.75) is 0 Å². The van der Waals surface area contributed by atoms with Crippen molar-refractivity contribution in [3.63, 3.8) is 0 Å². The average molecular weight is 76.1 g/mol. The second-order valence-corrected chi connectivity index (χ2v) is 0.183. The van der Waals surface area contributed by atoms with Gasteiger partial charge in [0.15, 0.2) is 0 Å². The van der Waals surface area contributed by atoms with Gasteiger partial charge in [0.1, 0.15) is 7.11 Å². The van der Waals surface area contributed by atoms with Crippen molar-refractivity contribution in [2.75, 3.05) is 7.11 Å². The van der Waals surface area contributed by atoms with Gasteiger partial charge >= 0.3 is 0 Å². The maximum atomic E-state index is 8.56. The zero-order valence-corrected chi connectivity index (χ0v) is 2.76. The second-order valence-electron chi connectivity index (χ2n) is 0.183. The molecule has 6 radical (unpaired) electrons. The van der Waals surface area contributed by atoms with Gasteiger partial charge in [0.2, 0.25) is 0 Å². The monoisotopic (exact) mass is 76.0 g/mol. The van der Waals surface area contributed by atoms with Crippen molar-refractivity contribution in [3.8, 4) is 0 Å². The van der Waals surface area contributed by atoms with Crippen molar-refractivity contribution in [3.05, 3.63) is 7.43 Å². The smallest absolute Gasteiger partial charge is 0.140 e. The van der Waals surface area contributed by atoms with Gasteiger partial charge in [-0.05, 0) is 0 Å². The first-order chi connectivity index (χ1) is 1.41. The van der Waals surface area contributed by atoms with Gasteiger partial charge in [-0.2, -0.15) is 0 Å². The van der Waals surface area contributed by atoms with Crippen molar-refractivity contribution in [2.24, 2.45) is 0 Å². The van der Waals surface area contributed by atoms with E-state index in [1.54, 1.807) is 0 Å². The zero-order valence-electron chi connectivity index (χ0n) is 2.76. The summed E-state index contributed by atoms with van der Waals surface area (Å²) in [6, 6.07) is 0. The molecule has 0 fully saturated rings. The Balaban J connectivity index is -0.0000000200. The van der Waals surface area contributed by atoms with E-state index in [1.165, 1.54) is 7.11 Å². The molecule has 0 amide bonds. The molecule has 0 bridgehead atoms. The highest BCUT2D eigenvalue weighted by Crippen LogP contribution is 1.000. The molecule has 0 unspecified atom stereocenters. The lowest BCUT2D eigenvalue weighted by molar-refractivity contribution is -0.766. The Labute approximate surface area is 31.4 Å². The normalized spacial score (nSPS) is 3.60. The van der Waals surface area contributed by atoms with Crippen molar-refractivity contribution in [1.29, 1.82) is 0 Å². The lowest BCUT2D eigenvalue weighted by atomic mass is 11.8. The molecule has 0 saturated carbocycles. The van der Waals surface area contributed by atoms with Gasteiger partial charge in [0, 0.05) is 12.9 Å². The van der Waals surface area contributed by atoms with E-state index in [0.717, 1.165) is 0 Å². The number of rotatable bonds is 0. The molecule has 0 aromatic carbocycles. The maximum Gasteiger partial charge on any atom is 0.140 e. The molecule has 0 atom stereocenters.